The molecule has 1 aromatic rings. The molecule has 1 heterocycles. The number of halogens is 1. The van der Waals surface area contributed by atoms with Gasteiger partial charge in [-0.25, -0.2) is 0 Å². The lowest BCUT2D eigenvalue weighted by Crippen LogP contribution is -2.47. The highest BCUT2D eigenvalue weighted by Crippen LogP contribution is 2.39. The van der Waals surface area contributed by atoms with E-state index in [-0.39, 0.29) is 0 Å². The molecule has 116 valence electrons. The van der Waals surface area contributed by atoms with Crippen molar-refractivity contribution in [3.05, 3.63) is 28.2 Å². The molecule has 0 spiro atoms. The van der Waals surface area contributed by atoms with Gasteiger partial charge in [-0.3, -0.25) is 0 Å². The topological polar surface area (TPSA) is 15.3 Å². The van der Waals surface area contributed by atoms with E-state index in [0.717, 1.165) is 25.0 Å². The molecule has 1 aromatic carbocycles. The Morgan fingerprint density at radius 2 is 2.00 bits per heavy atom. The van der Waals surface area contributed by atoms with Gasteiger partial charge in [-0.1, -0.05) is 35.7 Å². The van der Waals surface area contributed by atoms with E-state index in [1.54, 1.807) is 0 Å². The first-order chi connectivity index (χ1) is 10.3. The van der Waals surface area contributed by atoms with Crippen LogP contribution in [0.25, 0.3) is 0 Å². The van der Waals surface area contributed by atoms with Crippen molar-refractivity contribution in [1.29, 1.82) is 0 Å². The molecule has 2 nitrogen and oxygen atoms in total. The Morgan fingerprint density at radius 3 is 2.86 bits per heavy atom. The molecule has 0 amide bonds. The molecule has 3 rings (SSSR count). The van der Waals surface area contributed by atoms with Crippen LogP contribution >= 0.6 is 15.9 Å². The minimum atomic E-state index is 0.786. The second-order valence-electron chi connectivity index (χ2n) is 6.50. The van der Waals surface area contributed by atoms with Gasteiger partial charge in [0.1, 0.15) is 0 Å². The second-order valence-corrected chi connectivity index (χ2v) is 7.42. The molecule has 21 heavy (non-hydrogen) atoms. The minimum Gasteiger partial charge on any atom is -0.368 e. The maximum Gasteiger partial charge on any atom is 0.0415 e. The van der Waals surface area contributed by atoms with Crippen molar-refractivity contribution in [2.75, 3.05) is 18.0 Å². The number of hydrogen-bond acceptors (Lipinski definition) is 2. The predicted molar refractivity (Wildman–Crippen MR) is 93.8 cm³/mol. The summed E-state index contributed by atoms with van der Waals surface area (Å²) in [7, 11) is 0. The summed E-state index contributed by atoms with van der Waals surface area (Å²) in [5.41, 5.74) is 2.91. The van der Waals surface area contributed by atoms with Crippen LogP contribution < -0.4 is 10.2 Å². The Morgan fingerprint density at radius 1 is 1.19 bits per heavy atom. The predicted octanol–water partition coefficient (Wildman–Crippen LogP) is 4.72. The number of piperidine rings is 1. The molecule has 2 atom stereocenters. The minimum absolute atomic E-state index is 0.786. The zero-order chi connectivity index (χ0) is 14.7. The molecule has 2 fully saturated rings. The molecule has 1 aliphatic heterocycles. The van der Waals surface area contributed by atoms with Crippen LogP contribution in [-0.4, -0.2) is 19.1 Å². The summed E-state index contributed by atoms with van der Waals surface area (Å²) >= 11 is 3.63. The lowest BCUT2D eigenvalue weighted by Gasteiger charge is -2.46. The van der Waals surface area contributed by atoms with E-state index >= 15 is 0 Å². The van der Waals surface area contributed by atoms with Gasteiger partial charge in [0.05, 0.1) is 0 Å². The highest BCUT2D eigenvalue weighted by atomic mass is 79.9. The normalized spacial score (nSPS) is 25.7. The third kappa shape index (κ3) is 3.45. The van der Waals surface area contributed by atoms with Gasteiger partial charge in [0.25, 0.3) is 0 Å². The van der Waals surface area contributed by atoms with Crippen molar-refractivity contribution in [3.63, 3.8) is 0 Å². The molecule has 1 N–H and O–H groups in total. The molecule has 1 saturated heterocycles. The lowest BCUT2D eigenvalue weighted by molar-refractivity contribution is 0.243. The molecular weight excluding hydrogens is 324 g/mol. The summed E-state index contributed by atoms with van der Waals surface area (Å²) in [5.74, 6) is 0.933. The van der Waals surface area contributed by atoms with Crippen molar-refractivity contribution in [1.82, 2.24) is 5.32 Å². The first-order valence-electron chi connectivity index (χ1n) is 8.55. The fraction of sp³-hybridized carbons (Fsp3) is 0.667. The second kappa shape index (κ2) is 7.15. The Bertz CT molecular complexity index is 472. The van der Waals surface area contributed by atoms with Gasteiger partial charge in [-0.15, -0.1) is 0 Å². The summed E-state index contributed by atoms with van der Waals surface area (Å²) in [6.07, 6.45) is 8.50. The van der Waals surface area contributed by atoms with Gasteiger partial charge in [0.2, 0.25) is 0 Å². The first-order valence-corrected chi connectivity index (χ1v) is 9.34. The monoisotopic (exact) mass is 350 g/mol. The van der Waals surface area contributed by atoms with E-state index in [0.29, 0.717) is 0 Å². The maximum absolute atomic E-state index is 3.63. The standard InChI is InChI=1S/C18H27BrN2/c1-2-20-13-15-12-16(19)9-10-18(15)21-11-5-7-14-6-3-4-8-17(14)21/h9-10,12,14,17,20H,2-8,11,13H2,1H3. The van der Waals surface area contributed by atoms with E-state index in [1.807, 2.05) is 0 Å². The molecule has 2 aliphatic rings. The number of nitrogens with zero attached hydrogens (tertiary/aromatic N) is 1. The summed E-state index contributed by atoms with van der Waals surface area (Å²) in [6.45, 7) is 5.41. The average Bonchev–Trinajstić information content (AvgIpc) is 2.52. The zero-order valence-corrected chi connectivity index (χ0v) is 14.7. The fourth-order valence-electron chi connectivity index (χ4n) is 4.16. The number of anilines is 1. The Labute approximate surface area is 137 Å². The summed E-state index contributed by atoms with van der Waals surface area (Å²) in [5, 5.41) is 3.50. The molecule has 0 aromatic heterocycles. The highest BCUT2D eigenvalue weighted by molar-refractivity contribution is 9.10. The molecule has 0 bridgehead atoms. The van der Waals surface area contributed by atoms with Crippen LogP contribution in [0.1, 0.15) is 51.0 Å². The van der Waals surface area contributed by atoms with Crippen molar-refractivity contribution in [2.45, 2.75) is 58.0 Å². The summed E-state index contributed by atoms with van der Waals surface area (Å²) in [4.78, 5) is 2.73. The Balaban J connectivity index is 1.87. The van der Waals surface area contributed by atoms with Gasteiger partial charge in [0, 0.05) is 29.3 Å². The molecule has 2 unspecified atom stereocenters. The molecule has 3 heteroatoms. The van der Waals surface area contributed by atoms with E-state index in [1.165, 1.54) is 60.8 Å². The van der Waals surface area contributed by atoms with E-state index in [2.05, 4.69) is 51.3 Å². The summed E-state index contributed by atoms with van der Waals surface area (Å²) in [6, 6.07) is 7.61. The van der Waals surface area contributed by atoms with Gasteiger partial charge >= 0.3 is 0 Å². The van der Waals surface area contributed by atoms with E-state index in [9.17, 15) is 0 Å². The lowest BCUT2D eigenvalue weighted by atomic mass is 9.78. The fourth-order valence-corrected chi connectivity index (χ4v) is 4.57. The molecule has 1 saturated carbocycles. The Kier molecular flexibility index (Phi) is 5.23. The van der Waals surface area contributed by atoms with Gasteiger partial charge in [-0.05, 0) is 61.9 Å². The average molecular weight is 351 g/mol. The largest absolute Gasteiger partial charge is 0.368 e. The van der Waals surface area contributed by atoms with Crippen LogP contribution in [-0.2, 0) is 6.54 Å². The number of fused-ring (bicyclic) bond motifs is 1. The highest BCUT2D eigenvalue weighted by Gasteiger charge is 2.33. The van der Waals surface area contributed by atoms with Crippen LogP contribution in [0, 0.1) is 5.92 Å². The van der Waals surface area contributed by atoms with Gasteiger partial charge < -0.3 is 10.2 Å². The third-order valence-corrected chi connectivity index (χ3v) is 5.65. The van der Waals surface area contributed by atoms with Crippen LogP contribution in [0.2, 0.25) is 0 Å². The molecule has 1 aliphatic carbocycles. The van der Waals surface area contributed by atoms with Crippen molar-refractivity contribution < 1.29 is 0 Å². The first kappa shape index (κ1) is 15.4. The van der Waals surface area contributed by atoms with Crippen LogP contribution in [0.5, 0.6) is 0 Å². The van der Waals surface area contributed by atoms with Crippen LogP contribution in [0.4, 0.5) is 5.69 Å². The van der Waals surface area contributed by atoms with Crippen molar-refractivity contribution in [2.24, 2.45) is 5.92 Å². The number of rotatable bonds is 4. The molecule has 0 radical (unpaired) electrons. The summed E-state index contributed by atoms with van der Waals surface area (Å²) < 4.78 is 1.19. The van der Waals surface area contributed by atoms with E-state index in [4.69, 9.17) is 0 Å². The number of hydrogen-bond donors (Lipinski definition) is 1. The Hall–Kier alpha value is -0.540. The number of benzene rings is 1. The van der Waals surface area contributed by atoms with Crippen molar-refractivity contribution in [3.8, 4) is 0 Å². The van der Waals surface area contributed by atoms with E-state index < -0.39 is 0 Å². The number of nitrogens with one attached hydrogen (secondary N) is 1. The van der Waals surface area contributed by atoms with Gasteiger partial charge in [0.15, 0.2) is 0 Å². The molecular formula is C18H27BrN2. The zero-order valence-electron chi connectivity index (χ0n) is 13.1. The van der Waals surface area contributed by atoms with Crippen LogP contribution in [0.15, 0.2) is 22.7 Å². The van der Waals surface area contributed by atoms with Gasteiger partial charge in [-0.2, -0.15) is 0 Å². The van der Waals surface area contributed by atoms with Crippen LogP contribution in [0.3, 0.4) is 0 Å². The SMILES string of the molecule is CCNCc1cc(Br)ccc1N1CCCC2CCCCC21. The quantitative estimate of drug-likeness (QED) is 0.845. The van der Waals surface area contributed by atoms with Crippen molar-refractivity contribution >= 4 is 21.6 Å². The smallest absolute Gasteiger partial charge is 0.0415 e. The maximum atomic E-state index is 3.63. The third-order valence-electron chi connectivity index (χ3n) is 5.16.